The minimum absolute atomic E-state index is 0.167. The van der Waals surface area contributed by atoms with Crippen molar-refractivity contribution in [2.75, 3.05) is 26.9 Å². The summed E-state index contributed by atoms with van der Waals surface area (Å²) in [5.41, 5.74) is -2.36. The molecule has 1 unspecified atom stereocenters. The van der Waals surface area contributed by atoms with Crippen molar-refractivity contribution < 1.29 is 33.4 Å². The summed E-state index contributed by atoms with van der Waals surface area (Å²) >= 11 is 0. The molecule has 0 aromatic heterocycles. The van der Waals surface area contributed by atoms with Gasteiger partial charge in [-0.1, -0.05) is 81.4 Å². The zero-order valence-corrected chi connectivity index (χ0v) is 26.2. The highest BCUT2D eigenvalue weighted by Gasteiger charge is 2.53. The van der Waals surface area contributed by atoms with Gasteiger partial charge in [-0.15, -0.1) is 0 Å². The SMILES string of the molecule is COC(=O)[C@H](CO[Si](c1ccccc1)(c1ccccc1)C(C)(C)C)NC(=O)C1(CO)CCCN1C(=O)OC(C)(C)C. The van der Waals surface area contributed by atoms with E-state index in [9.17, 15) is 19.5 Å². The van der Waals surface area contributed by atoms with E-state index in [0.717, 1.165) is 10.4 Å². The van der Waals surface area contributed by atoms with Crippen molar-refractivity contribution in [2.24, 2.45) is 0 Å². The van der Waals surface area contributed by atoms with Gasteiger partial charge in [-0.25, -0.2) is 9.59 Å². The largest absolute Gasteiger partial charge is 0.467 e. The van der Waals surface area contributed by atoms with Crippen LogP contribution in [-0.4, -0.2) is 80.3 Å². The number of likely N-dealkylation sites (tertiary alicyclic amines) is 1. The zero-order chi connectivity index (χ0) is 30.5. The molecule has 2 aromatic rings. The molecule has 224 valence electrons. The normalized spacial score (nSPS) is 18.5. The van der Waals surface area contributed by atoms with Gasteiger partial charge in [0, 0.05) is 6.54 Å². The summed E-state index contributed by atoms with van der Waals surface area (Å²) in [6.07, 6.45) is 0.0181. The predicted octanol–water partition coefficient (Wildman–Crippen LogP) is 2.98. The Morgan fingerprint density at radius 3 is 1.95 bits per heavy atom. The maximum absolute atomic E-state index is 13.8. The number of aliphatic hydroxyl groups excluding tert-OH is 1. The van der Waals surface area contributed by atoms with E-state index in [2.05, 4.69) is 26.1 Å². The average molecular weight is 585 g/mol. The fourth-order valence-electron chi connectivity index (χ4n) is 5.51. The second kappa shape index (κ2) is 12.8. The van der Waals surface area contributed by atoms with Crippen molar-refractivity contribution in [3.8, 4) is 0 Å². The van der Waals surface area contributed by atoms with Gasteiger partial charge in [0.15, 0.2) is 0 Å². The van der Waals surface area contributed by atoms with Gasteiger partial charge in [0.2, 0.25) is 5.91 Å². The number of ether oxygens (including phenoxy) is 2. The van der Waals surface area contributed by atoms with Crippen molar-refractivity contribution in [1.29, 1.82) is 0 Å². The number of carbonyl (C=O) groups excluding carboxylic acids is 3. The van der Waals surface area contributed by atoms with Crippen molar-refractivity contribution in [2.45, 2.75) is 76.6 Å². The predicted molar refractivity (Wildman–Crippen MR) is 160 cm³/mol. The first kappa shape index (κ1) is 32.3. The van der Waals surface area contributed by atoms with E-state index in [1.165, 1.54) is 12.0 Å². The van der Waals surface area contributed by atoms with E-state index in [-0.39, 0.29) is 24.6 Å². The van der Waals surface area contributed by atoms with E-state index in [4.69, 9.17) is 13.9 Å². The van der Waals surface area contributed by atoms with E-state index < -0.39 is 50.1 Å². The highest BCUT2D eigenvalue weighted by molar-refractivity contribution is 6.99. The Bertz CT molecular complexity index is 1150. The van der Waals surface area contributed by atoms with E-state index in [1.807, 2.05) is 60.7 Å². The van der Waals surface area contributed by atoms with Gasteiger partial charge in [0.25, 0.3) is 8.32 Å². The molecular weight excluding hydrogens is 540 g/mol. The lowest BCUT2D eigenvalue weighted by Gasteiger charge is -2.43. The molecule has 9 nitrogen and oxygen atoms in total. The molecule has 10 heteroatoms. The third kappa shape index (κ3) is 6.82. The molecule has 0 radical (unpaired) electrons. The molecule has 1 aliphatic rings. The molecule has 1 aliphatic heterocycles. The quantitative estimate of drug-likeness (QED) is 0.344. The maximum Gasteiger partial charge on any atom is 0.411 e. The van der Waals surface area contributed by atoms with Crippen LogP contribution >= 0.6 is 0 Å². The average Bonchev–Trinajstić information content (AvgIpc) is 3.37. The van der Waals surface area contributed by atoms with Crippen LogP contribution in [0.2, 0.25) is 5.04 Å². The fourth-order valence-corrected chi connectivity index (χ4v) is 10.1. The van der Waals surface area contributed by atoms with Crippen molar-refractivity contribution in [1.82, 2.24) is 10.2 Å². The molecule has 1 fully saturated rings. The molecule has 1 saturated heterocycles. The highest BCUT2D eigenvalue weighted by Crippen LogP contribution is 2.37. The number of hydrogen-bond acceptors (Lipinski definition) is 7. The molecule has 2 aromatic carbocycles. The van der Waals surface area contributed by atoms with Gasteiger partial charge in [-0.05, 0) is 49.0 Å². The van der Waals surface area contributed by atoms with Crippen LogP contribution in [0.3, 0.4) is 0 Å². The zero-order valence-electron chi connectivity index (χ0n) is 25.2. The van der Waals surface area contributed by atoms with Crippen LogP contribution in [0.5, 0.6) is 0 Å². The Balaban J connectivity index is 1.97. The second-order valence-electron chi connectivity index (χ2n) is 12.4. The number of hydrogen-bond donors (Lipinski definition) is 2. The molecule has 2 amide bonds. The maximum atomic E-state index is 13.8. The highest BCUT2D eigenvalue weighted by atomic mass is 28.4. The lowest BCUT2D eigenvalue weighted by molar-refractivity contribution is -0.148. The minimum atomic E-state index is -3.03. The van der Waals surface area contributed by atoms with Crippen molar-refractivity contribution in [3.05, 3.63) is 60.7 Å². The van der Waals surface area contributed by atoms with Gasteiger partial charge in [-0.2, -0.15) is 0 Å². The molecule has 0 aliphatic carbocycles. The topological polar surface area (TPSA) is 114 Å². The van der Waals surface area contributed by atoms with Crippen LogP contribution < -0.4 is 15.7 Å². The van der Waals surface area contributed by atoms with Gasteiger partial charge < -0.3 is 24.3 Å². The second-order valence-corrected chi connectivity index (χ2v) is 16.8. The lowest BCUT2D eigenvalue weighted by Crippen LogP contribution is -2.68. The van der Waals surface area contributed by atoms with E-state index >= 15 is 0 Å². The molecule has 41 heavy (non-hydrogen) atoms. The van der Waals surface area contributed by atoms with Gasteiger partial charge in [0.05, 0.1) is 20.3 Å². The first-order valence-electron chi connectivity index (χ1n) is 14.0. The third-order valence-corrected chi connectivity index (χ3v) is 12.5. The summed E-state index contributed by atoms with van der Waals surface area (Å²) in [5.74, 6) is -1.35. The number of amides is 2. The fraction of sp³-hybridized carbons (Fsp3) is 0.516. The standard InChI is InChI=1S/C31H44N2O7Si/c1-29(2,3)40-28(37)33-20-14-19-31(33,22-34)27(36)32-25(26(35)38-7)21-39-41(30(4,5)6,23-15-10-8-11-16-23)24-17-12-9-13-18-24/h8-13,15-18,25,34H,14,19-22H2,1-7H3,(H,32,36)/t25-,31?/m0/s1. The Morgan fingerprint density at radius 1 is 0.976 bits per heavy atom. The Labute approximate surface area is 244 Å². The van der Waals surface area contributed by atoms with Gasteiger partial charge >= 0.3 is 12.1 Å². The molecule has 3 rings (SSSR count). The van der Waals surface area contributed by atoms with Crippen LogP contribution in [0.1, 0.15) is 54.4 Å². The number of aliphatic hydroxyl groups is 1. The third-order valence-electron chi connectivity index (χ3n) is 7.46. The van der Waals surface area contributed by atoms with Crippen LogP contribution in [-0.2, 0) is 23.5 Å². The van der Waals surface area contributed by atoms with Crippen molar-refractivity contribution in [3.63, 3.8) is 0 Å². The number of rotatable bonds is 9. The van der Waals surface area contributed by atoms with Crippen LogP contribution in [0.15, 0.2) is 60.7 Å². The molecule has 0 saturated carbocycles. The van der Waals surface area contributed by atoms with Crippen LogP contribution in [0.4, 0.5) is 4.79 Å². The Hall–Kier alpha value is -3.21. The number of benzene rings is 2. The first-order valence-corrected chi connectivity index (χ1v) is 15.9. The molecule has 0 bridgehead atoms. The molecule has 0 spiro atoms. The first-order chi connectivity index (χ1) is 19.2. The van der Waals surface area contributed by atoms with Crippen LogP contribution in [0, 0.1) is 0 Å². The number of esters is 1. The van der Waals surface area contributed by atoms with E-state index in [0.29, 0.717) is 6.42 Å². The number of carbonyl (C=O) groups is 3. The summed E-state index contributed by atoms with van der Waals surface area (Å²) in [5, 5.41) is 14.9. The number of nitrogens with one attached hydrogen (secondary N) is 1. The number of nitrogens with zero attached hydrogens (tertiary/aromatic N) is 1. The van der Waals surface area contributed by atoms with Crippen LogP contribution in [0.25, 0.3) is 0 Å². The minimum Gasteiger partial charge on any atom is -0.467 e. The lowest BCUT2D eigenvalue weighted by atomic mass is 9.95. The monoisotopic (exact) mass is 584 g/mol. The van der Waals surface area contributed by atoms with Gasteiger partial charge in [0.1, 0.15) is 17.2 Å². The smallest absolute Gasteiger partial charge is 0.411 e. The molecule has 1 heterocycles. The molecule has 2 atom stereocenters. The summed E-state index contributed by atoms with van der Waals surface area (Å²) in [4.78, 5) is 41.1. The summed E-state index contributed by atoms with van der Waals surface area (Å²) in [7, 11) is -1.79. The summed E-state index contributed by atoms with van der Waals surface area (Å²) in [6.45, 7) is 11.0. The Morgan fingerprint density at radius 2 is 1.51 bits per heavy atom. The Kier molecular flexibility index (Phi) is 10.0. The molecule has 2 N–H and O–H groups in total. The number of methoxy groups -OCH3 is 1. The van der Waals surface area contributed by atoms with E-state index in [1.54, 1.807) is 20.8 Å². The molecular formula is C31H44N2O7Si. The van der Waals surface area contributed by atoms with Gasteiger partial charge in [-0.3, -0.25) is 9.69 Å². The summed E-state index contributed by atoms with van der Waals surface area (Å²) < 4.78 is 17.5. The summed E-state index contributed by atoms with van der Waals surface area (Å²) in [6, 6.07) is 18.7. The van der Waals surface area contributed by atoms with Crippen molar-refractivity contribution >= 4 is 36.7 Å².